The van der Waals surface area contributed by atoms with E-state index in [-0.39, 0.29) is 11.7 Å². The van der Waals surface area contributed by atoms with Crippen LogP contribution in [0.4, 0.5) is 0 Å². The number of halogens is 3. The Bertz CT molecular complexity index is 657. The summed E-state index contributed by atoms with van der Waals surface area (Å²) in [5.74, 6) is 0. The summed E-state index contributed by atoms with van der Waals surface area (Å²) in [6.45, 7) is 0. The van der Waals surface area contributed by atoms with E-state index in [2.05, 4.69) is 23.2 Å². The summed E-state index contributed by atoms with van der Waals surface area (Å²) in [4.78, 5) is 29.8. The SMILES string of the molecule is O=C(Cl)C(=O)Cl.O=C(Cl)Cc1ccccc1-c1ccccc1. The van der Waals surface area contributed by atoms with Crippen molar-refractivity contribution in [3.05, 3.63) is 60.2 Å². The lowest BCUT2D eigenvalue weighted by molar-refractivity contribution is -0.127. The van der Waals surface area contributed by atoms with Gasteiger partial charge < -0.3 is 0 Å². The zero-order valence-electron chi connectivity index (χ0n) is 11.3. The third-order valence-electron chi connectivity index (χ3n) is 2.59. The molecular weight excluding hydrogens is 347 g/mol. The third kappa shape index (κ3) is 6.39. The molecule has 0 saturated carbocycles. The van der Waals surface area contributed by atoms with Crippen molar-refractivity contribution in [2.24, 2.45) is 0 Å². The minimum absolute atomic E-state index is 0.270. The maximum Gasteiger partial charge on any atom is 0.304 e. The summed E-state index contributed by atoms with van der Waals surface area (Å²) in [6, 6.07) is 17.8. The molecule has 0 aromatic heterocycles. The smallest absolute Gasteiger partial charge is 0.281 e. The molecule has 0 N–H and O–H groups in total. The number of benzene rings is 2. The third-order valence-corrected chi connectivity index (χ3v) is 3.16. The highest BCUT2D eigenvalue weighted by Crippen LogP contribution is 2.24. The van der Waals surface area contributed by atoms with E-state index in [4.69, 9.17) is 11.6 Å². The Labute approximate surface area is 142 Å². The largest absolute Gasteiger partial charge is 0.304 e. The Morgan fingerprint density at radius 2 is 1.23 bits per heavy atom. The predicted molar refractivity (Wildman–Crippen MR) is 88.2 cm³/mol. The second-order valence-electron chi connectivity index (χ2n) is 4.10. The van der Waals surface area contributed by atoms with Crippen LogP contribution < -0.4 is 0 Å². The molecule has 0 saturated heterocycles. The molecular formula is C16H11Cl3O3. The fourth-order valence-electron chi connectivity index (χ4n) is 1.72. The zero-order valence-corrected chi connectivity index (χ0v) is 13.5. The lowest BCUT2D eigenvalue weighted by atomic mass is 9.98. The number of carbonyl (C=O) groups excluding carboxylic acids is 3. The number of hydrogen-bond donors (Lipinski definition) is 0. The molecule has 0 radical (unpaired) electrons. The Morgan fingerprint density at radius 3 is 1.73 bits per heavy atom. The lowest BCUT2D eigenvalue weighted by Gasteiger charge is -2.07. The summed E-state index contributed by atoms with van der Waals surface area (Å²) >= 11 is 14.4. The number of hydrogen-bond acceptors (Lipinski definition) is 3. The monoisotopic (exact) mass is 356 g/mol. The van der Waals surface area contributed by atoms with Gasteiger partial charge in [-0.2, -0.15) is 0 Å². The fourth-order valence-corrected chi connectivity index (χ4v) is 1.87. The van der Waals surface area contributed by atoms with Gasteiger partial charge >= 0.3 is 10.5 Å². The van der Waals surface area contributed by atoms with Crippen molar-refractivity contribution < 1.29 is 14.4 Å². The molecule has 0 unspecified atom stereocenters. The Hall–Kier alpha value is -1.68. The molecule has 0 aliphatic heterocycles. The molecule has 0 aliphatic carbocycles. The van der Waals surface area contributed by atoms with E-state index in [1.165, 1.54) is 0 Å². The zero-order chi connectivity index (χ0) is 16.5. The quantitative estimate of drug-likeness (QED) is 0.609. The summed E-state index contributed by atoms with van der Waals surface area (Å²) < 4.78 is 0. The summed E-state index contributed by atoms with van der Waals surface area (Å²) in [5, 5.41) is -2.61. The van der Waals surface area contributed by atoms with Crippen LogP contribution in [0.2, 0.25) is 0 Å². The highest BCUT2D eigenvalue weighted by atomic mass is 35.5. The van der Waals surface area contributed by atoms with Crippen molar-refractivity contribution in [1.82, 2.24) is 0 Å². The molecule has 114 valence electrons. The predicted octanol–water partition coefficient (Wildman–Crippen LogP) is 4.18. The van der Waals surface area contributed by atoms with Crippen molar-refractivity contribution in [3.63, 3.8) is 0 Å². The van der Waals surface area contributed by atoms with E-state index in [1.807, 2.05) is 54.6 Å². The minimum atomic E-state index is -1.14. The van der Waals surface area contributed by atoms with E-state index >= 15 is 0 Å². The van der Waals surface area contributed by atoms with E-state index < -0.39 is 10.5 Å². The van der Waals surface area contributed by atoms with Gasteiger partial charge in [0.25, 0.3) is 0 Å². The molecule has 6 heteroatoms. The van der Waals surface area contributed by atoms with Crippen LogP contribution in [0, 0.1) is 0 Å². The molecule has 0 fully saturated rings. The molecule has 22 heavy (non-hydrogen) atoms. The molecule has 0 heterocycles. The Balaban J connectivity index is 0.000000346. The van der Waals surface area contributed by atoms with Gasteiger partial charge in [0.05, 0.1) is 0 Å². The standard InChI is InChI=1S/C14H11ClO.C2Cl2O2/c15-14(16)10-12-8-4-5-9-13(12)11-6-2-1-3-7-11;3-1(5)2(4)6/h1-9H,10H2;. The van der Waals surface area contributed by atoms with Crippen LogP contribution in [0.3, 0.4) is 0 Å². The minimum Gasteiger partial charge on any atom is -0.281 e. The van der Waals surface area contributed by atoms with E-state index in [0.717, 1.165) is 16.7 Å². The van der Waals surface area contributed by atoms with Gasteiger partial charge in [-0.15, -0.1) is 0 Å². The molecule has 0 spiro atoms. The van der Waals surface area contributed by atoms with Gasteiger partial charge in [0, 0.05) is 6.42 Å². The first kappa shape index (κ1) is 18.4. The summed E-state index contributed by atoms with van der Waals surface area (Å²) in [5.41, 5.74) is 3.14. The molecule has 3 nitrogen and oxygen atoms in total. The second-order valence-corrected chi connectivity index (χ2v) is 5.21. The average Bonchev–Trinajstić information content (AvgIpc) is 2.48. The molecule has 0 amide bonds. The van der Waals surface area contributed by atoms with Crippen molar-refractivity contribution in [1.29, 1.82) is 0 Å². The van der Waals surface area contributed by atoms with Crippen LogP contribution in [0.5, 0.6) is 0 Å². The van der Waals surface area contributed by atoms with Crippen LogP contribution in [-0.2, 0) is 20.8 Å². The first-order valence-corrected chi connectivity index (χ1v) is 7.26. The number of carbonyl (C=O) groups is 3. The van der Waals surface area contributed by atoms with Crippen LogP contribution in [0.25, 0.3) is 11.1 Å². The van der Waals surface area contributed by atoms with Crippen LogP contribution in [0.15, 0.2) is 54.6 Å². The van der Waals surface area contributed by atoms with Crippen molar-refractivity contribution in [3.8, 4) is 11.1 Å². The van der Waals surface area contributed by atoms with Crippen LogP contribution in [0.1, 0.15) is 5.56 Å². The molecule has 2 aromatic rings. The Kier molecular flexibility index (Phi) is 7.82. The van der Waals surface area contributed by atoms with Gasteiger partial charge in [0.15, 0.2) is 0 Å². The highest BCUT2D eigenvalue weighted by Gasteiger charge is 2.06. The summed E-state index contributed by atoms with van der Waals surface area (Å²) in [6.07, 6.45) is 0.270. The second kappa shape index (κ2) is 9.36. The van der Waals surface area contributed by atoms with Gasteiger partial charge in [-0.25, -0.2) is 0 Å². The molecule has 0 aliphatic rings. The molecule has 0 bridgehead atoms. The first-order chi connectivity index (χ1) is 10.4. The fraction of sp³-hybridized carbons (Fsp3) is 0.0625. The number of rotatable bonds is 4. The lowest BCUT2D eigenvalue weighted by Crippen LogP contribution is -1.96. The topological polar surface area (TPSA) is 51.2 Å². The van der Waals surface area contributed by atoms with E-state index in [9.17, 15) is 14.4 Å². The summed E-state index contributed by atoms with van der Waals surface area (Å²) in [7, 11) is 0. The maximum absolute atomic E-state index is 11.0. The van der Waals surface area contributed by atoms with Crippen LogP contribution in [-0.4, -0.2) is 15.7 Å². The average molecular weight is 358 g/mol. The van der Waals surface area contributed by atoms with Gasteiger partial charge in [-0.05, 0) is 51.5 Å². The van der Waals surface area contributed by atoms with Crippen LogP contribution >= 0.6 is 34.8 Å². The first-order valence-electron chi connectivity index (χ1n) is 6.12. The van der Waals surface area contributed by atoms with Gasteiger partial charge in [-0.1, -0.05) is 54.6 Å². The Morgan fingerprint density at radius 1 is 0.727 bits per heavy atom. The van der Waals surface area contributed by atoms with Crippen molar-refractivity contribution in [2.45, 2.75) is 6.42 Å². The van der Waals surface area contributed by atoms with E-state index in [1.54, 1.807) is 0 Å². The van der Waals surface area contributed by atoms with Gasteiger partial charge in [0.2, 0.25) is 5.24 Å². The van der Waals surface area contributed by atoms with Gasteiger partial charge in [0.1, 0.15) is 0 Å². The van der Waals surface area contributed by atoms with Gasteiger partial charge in [-0.3, -0.25) is 14.4 Å². The van der Waals surface area contributed by atoms with Crippen molar-refractivity contribution in [2.75, 3.05) is 0 Å². The van der Waals surface area contributed by atoms with Crippen molar-refractivity contribution >= 4 is 50.5 Å². The molecule has 2 rings (SSSR count). The normalized spacial score (nSPS) is 9.41. The maximum atomic E-state index is 11.0. The van der Waals surface area contributed by atoms with E-state index in [0.29, 0.717) is 0 Å². The molecule has 2 aromatic carbocycles. The molecule has 0 atom stereocenters. The highest BCUT2D eigenvalue weighted by molar-refractivity contribution is 6.97.